The Balaban J connectivity index is 2.25. The number of pyridine rings is 1. The van der Waals surface area contributed by atoms with Gasteiger partial charge in [-0.15, -0.1) is 0 Å². The van der Waals surface area contributed by atoms with Gasteiger partial charge in [-0.3, -0.25) is 9.79 Å². The zero-order valence-electron chi connectivity index (χ0n) is 12.0. The maximum Gasteiger partial charge on any atom is 0.257 e. The smallest absolute Gasteiger partial charge is 0.257 e. The van der Waals surface area contributed by atoms with Crippen LogP contribution in [0.5, 0.6) is 0 Å². The van der Waals surface area contributed by atoms with Gasteiger partial charge in [0.2, 0.25) is 0 Å². The SMILES string of the molecule is Cc1ccc(C2=NC(C)(C)Cc3ccccc32)c(=O)[nH]1. The van der Waals surface area contributed by atoms with Gasteiger partial charge in [-0.1, -0.05) is 24.3 Å². The van der Waals surface area contributed by atoms with Gasteiger partial charge in [0.25, 0.3) is 5.56 Å². The number of aromatic nitrogens is 1. The summed E-state index contributed by atoms with van der Waals surface area (Å²) in [5.41, 5.74) is 4.39. The number of rotatable bonds is 1. The third-order valence-electron chi connectivity index (χ3n) is 3.62. The molecule has 1 aromatic heterocycles. The zero-order valence-corrected chi connectivity index (χ0v) is 12.0. The highest BCUT2D eigenvalue weighted by molar-refractivity contribution is 6.14. The lowest BCUT2D eigenvalue weighted by atomic mass is 9.85. The summed E-state index contributed by atoms with van der Waals surface area (Å²) in [6, 6.07) is 12.0. The summed E-state index contributed by atoms with van der Waals surface area (Å²) < 4.78 is 0. The second-order valence-electron chi connectivity index (χ2n) is 5.99. The van der Waals surface area contributed by atoms with Crippen molar-refractivity contribution < 1.29 is 0 Å². The van der Waals surface area contributed by atoms with E-state index in [0.717, 1.165) is 23.4 Å². The Hall–Kier alpha value is -2.16. The van der Waals surface area contributed by atoms with E-state index in [2.05, 4.69) is 24.9 Å². The molecule has 3 rings (SSSR count). The van der Waals surface area contributed by atoms with Gasteiger partial charge in [0.05, 0.1) is 16.8 Å². The Morgan fingerprint density at radius 3 is 2.60 bits per heavy atom. The maximum absolute atomic E-state index is 12.2. The fourth-order valence-electron chi connectivity index (χ4n) is 2.74. The summed E-state index contributed by atoms with van der Waals surface area (Å²) in [6.45, 7) is 6.09. The first-order valence-corrected chi connectivity index (χ1v) is 6.85. The number of benzene rings is 1. The monoisotopic (exact) mass is 266 g/mol. The summed E-state index contributed by atoms with van der Waals surface area (Å²) in [5.74, 6) is 0. The first-order chi connectivity index (χ1) is 9.46. The highest BCUT2D eigenvalue weighted by atomic mass is 16.1. The van der Waals surface area contributed by atoms with Crippen LogP contribution in [-0.2, 0) is 6.42 Å². The summed E-state index contributed by atoms with van der Waals surface area (Å²) in [4.78, 5) is 19.9. The molecule has 3 heteroatoms. The lowest BCUT2D eigenvalue weighted by Gasteiger charge is -2.28. The van der Waals surface area contributed by atoms with Crippen molar-refractivity contribution >= 4 is 5.71 Å². The van der Waals surface area contributed by atoms with Gasteiger partial charge < -0.3 is 4.98 Å². The molecular weight excluding hydrogens is 248 g/mol. The van der Waals surface area contributed by atoms with Crippen molar-refractivity contribution in [3.8, 4) is 0 Å². The van der Waals surface area contributed by atoms with Crippen LogP contribution in [0, 0.1) is 6.92 Å². The van der Waals surface area contributed by atoms with Crippen molar-refractivity contribution in [2.45, 2.75) is 32.7 Å². The second-order valence-corrected chi connectivity index (χ2v) is 5.99. The molecule has 0 fully saturated rings. The topological polar surface area (TPSA) is 45.2 Å². The molecular formula is C17H18N2O. The molecule has 20 heavy (non-hydrogen) atoms. The normalized spacial score (nSPS) is 16.4. The van der Waals surface area contributed by atoms with Crippen LogP contribution in [0.4, 0.5) is 0 Å². The highest BCUT2D eigenvalue weighted by Crippen LogP contribution is 2.28. The number of aromatic amines is 1. The van der Waals surface area contributed by atoms with Gasteiger partial charge >= 0.3 is 0 Å². The first kappa shape index (κ1) is 12.9. The van der Waals surface area contributed by atoms with Crippen LogP contribution in [0.1, 0.15) is 36.2 Å². The largest absolute Gasteiger partial charge is 0.326 e. The van der Waals surface area contributed by atoms with E-state index in [9.17, 15) is 4.79 Å². The number of H-pyrrole nitrogens is 1. The minimum absolute atomic E-state index is 0.0729. The highest BCUT2D eigenvalue weighted by Gasteiger charge is 2.27. The molecule has 1 aromatic carbocycles. The van der Waals surface area contributed by atoms with Crippen LogP contribution in [0.3, 0.4) is 0 Å². The van der Waals surface area contributed by atoms with E-state index in [0.29, 0.717) is 5.56 Å². The number of aryl methyl sites for hydroxylation is 1. The lowest BCUT2D eigenvalue weighted by Crippen LogP contribution is -2.32. The minimum atomic E-state index is -0.180. The predicted molar refractivity (Wildman–Crippen MR) is 81.7 cm³/mol. The van der Waals surface area contributed by atoms with Crippen LogP contribution >= 0.6 is 0 Å². The molecule has 102 valence electrons. The van der Waals surface area contributed by atoms with E-state index in [1.807, 2.05) is 37.3 Å². The molecule has 0 atom stereocenters. The van der Waals surface area contributed by atoms with Gasteiger partial charge in [0, 0.05) is 11.3 Å². The molecule has 2 heterocycles. The quantitative estimate of drug-likeness (QED) is 0.847. The molecule has 0 unspecified atom stereocenters. The minimum Gasteiger partial charge on any atom is -0.326 e. The van der Waals surface area contributed by atoms with Crippen molar-refractivity contribution in [3.05, 3.63) is 69.1 Å². The summed E-state index contributed by atoms with van der Waals surface area (Å²) in [7, 11) is 0. The molecule has 0 bridgehead atoms. The molecule has 3 nitrogen and oxygen atoms in total. The molecule has 0 aliphatic carbocycles. The zero-order chi connectivity index (χ0) is 14.3. The van der Waals surface area contributed by atoms with Gasteiger partial charge in [-0.05, 0) is 44.9 Å². The molecule has 0 saturated heterocycles. The van der Waals surface area contributed by atoms with Crippen LogP contribution in [0.2, 0.25) is 0 Å². The molecule has 0 saturated carbocycles. The third kappa shape index (κ3) is 2.20. The number of fused-ring (bicyclic) bond motifs is 1. The standard InChI is InChI=1S/C17H18N2O/c1-11-8-9-14(16(20)18-11)15-13-7-5-4-6-12(13)10-17(2,3)19-15/h4-9H,10H2,1-3H3,(H,18,20). The van der Waals surface area contributed by atoms with E-state index in [4.69, 9.17) is 4.99 Å². The third-order valence-corrected chi connectivity index (χ3v) is 3.62. The summed E-state index contributed by atoms with van der Waals surface area (Å²) in [5, 5.41) is 0. The predicted octanol–water partition coefficient (Wildman–Crippen LogP) is 2.86. The van der Waals surface area contributed by atoms with Crippen LogP contribution in [0.25, 0.3) is 0 Å². The number of aliphatic imine (C=N–C) groups is 1. The van der Waals surface area contributed by atoms with Crippen LogP contribution in [-0.4, -0.2) is 16.2 Å². The Morgan fingerprint density at radius 1 is 1.10 bits per heavy atom. The van der Waals surface area contributed by atoms with E-state index in [1.54, 1.807) is 0 Å². The molecule has 1 N–H and O–H groups in total. The van der Waals surface area contributed by atoms with Crippen molar-refractivity contribution in [2.75, 3.05) is 0 Å². The molecule has 0 amide bonds. The van der Waals surface area contributed by atoms with Crippen LogP contribution < -0.4 is 5.56 Å². The summed E-state index contributed by atoms with van der Waals surface area (Å²) in [6.07, 6.45) is 0.899. The van der Waals surface area contributed by atoms with E-state index < -0.39 is 0 Å². The van der Waals surface area contributed by atoms with E-state index in [1.165, 1.54) is 5.56 Å². The van der Waals surface area contributed by atoms with E-state index in [-0.39, 0.29) is 11.1 Å². The average molecular weight is 266 g/mol. The molecule has 0 radical (unpaired) electrons. The average Bonchev–Trinajstić information content (AvgIpc) is 2.37. The molecule has 0 spiro atoms. The Kier molecular flexibility index (Phi) is 2.85. The molecule has 2 aromatic rings. The van der Waals surface area contributed by atoms with Crippen LogP contribution in [0.15, 0.2) is 46.2 Å². The van der Waals surface area contributed by atoms with Crippen molar-refractivity contribution in [3.63, 3.8) is 0 Å². The van der Waals surface area contributed by atoms with Gasteiger partial charge in [0.1, 0.15) is 0 Å². The first-order valence-electron chi connectivity index (χ1n) is 6.85. The number of hydrogen-bond acceptors (Lipinski definition) is 2. The Labute approximate surface area is 118 Å². The summed E-state index contributed by atoms with van der Waals surface area (Å²) >= 11 is 0. The van der Waals surface area contributed by atoms with Gasteiger partial charge in [0.15, 0.2) is 0 Å². The Bertz CT molecular complexity index is 754. The molecule has 1 aliphatic heterocycles. The van der Waals surface area contributed by atoms with Crippen molar-refractivity contribution in [1.29, 1.82) is 0 Å². The number of hydrogen-bond donors (Lipinski definition) is 1. The second kappa shape index (κ2) is 4.44. The van der Waals surface area contributed by atoms with Gasteiger partial charge in [-0.25, -0.2) is 0 Å². The Morgan fingerprint density at radius 2 is 1.85 bits per heavy atom. The fraction of sp³-hybridized carbons (Fsp3) is 0.294. The van der Waals surface area contributed by atoms with Crippen molar-refractivity contribution in [2.24, 2.45) is 4.99 Å². The van der Waals surface area contributed by atoms with E-state index >= 15 is 0 Å². The number of nitrogens with zero attached hydrogens (tertiary/aromatic N) is 1. The van der Waals surface area contributed by atoms with Crippen molar-refractivity contribution in [1.82, 2.24) is 4.98 Å². The molecule has 1 aliphatic rings. The number of nitrogens with one attached hydrogen (secondary N) is 1. The fourth-order valence-corrected chi connectivity index (χ4v) is 2.74. The maximum atomic E-state index is 12.2. The lowest BCUT2D eigenvalue weighted by molar-refractivity contribution is 0.513. The van der Waals surface area contributed by atoms with Gasteiger partial charge in [-0.2, -0.15) is 0 Å².